The van der Waals surface area contributed by atoms with E-state index in [-0.39, 0.29) is 17.9 Å². The van der Waals surface area contributed by atoms with Crippen molar-refractivity contribution in [2.45, 2.75) is 57.0 Å². The van der Waals surface area contributed by atoms with Crippen molar-refractivity contribution in [3.8, 4) is 0 Å². The number of nitrogens with two attached hydrogens (primary N) is 1. The minimum absolute atomic E-state index is 0.0317. The van der Waals surface area contributed by atoms with Crippen LogP contribution in [0.5, 0.6) is 0 Å². The first-order valence-corrected chi connectivity index (χ1v) is 6.93. The highest BCUT2D eigenvalue weighted by Crippen LogP contribution is 2.27. The zero-order valence-electron chi connectivity index (χ0n) is 11.1. The molecule has 2 fully saturated rings. The topological polar surface area (TPSA) is 75.4 Å². The van der Waals surface area contributed by atoms with Gasteiger partial charge in [0.1, 0.15) is 0 Å². The largest absolute Gasteiger partial charge is 0.350 e. The monoisotopic (exact) mass is 253 g/mol. The van der Waals surface area contributed by atoms with Gasteiger partial charge in [-0.1, -0.05) is 19.8 Å². The average Bonchev–Trinajstić information content (AvgIpc) is 2.98. The number of nitrogens with zero attached hydrogens (tertiary/aromatic N) is 1. The maximum atomic E-state index is 12.1. The zero-order valence-corrected chi connectivity index (χ0v) is 11.1. The number of nitrogens with one attached hydrogen (secondary N) is 1. The van der Waals surface area contributed by atoms with Crippen molar-refractivity contribution in [2.75, 3.05) is 13.1 Å². The van der Waals surface area contributed by atoms with Crippen molar-refractivity contribution in [1.82, 2.24) is 10.2 Å². The summed E-state index contributed by atoms with van der Waals surface area (Å²) in [5, 5.41) is 3.01. The Hall–Kier alpha value is -1.10. The predicted octanol–water partition coefficient (Wildman–Crippen LogP) is 0.385. The van der Waals surface area contributed by atoms with Crippen molar-refractivity contribution in [1.29, 1.82) is 0 Å². The van der Waals surface area contributed by atoms with Gasteiger partial charge in [0.15, 0.2) is 0 Å². The molecule has 1 atom stereocenters. The second kappa shape index (κ2) is 5.26. The summed E-state index contributed by atoms with van der Waals surface area (Å²) in [4.78, 5) is 25.5. The molecule has 2 amide bonds. The molecule has 0 spiro atoms. The van der Waals surface area contributed by atoms with Crippen LogP contribution in [0.2, 0.25) is 0 Å². The summed E-state index contributed by atoms with van der Waals surface area (Å²) < 4.78 is 0. The molecule has 1 aliphatic heterocycles. The smallest absolute Gasteiger partial charge is 0.240 e. The molecule has 1 heterocycles. The number of carbonyl (C=O) groups is 2. The molecule has 5 nitrogen and oxygen atoms in total. The number of likely N-dealkylation sites (tertiary alicyclic amines) is 1. The van der Waals surface area contributed by atoms with Crippen molar-refractivity contribution < 1.29 is 9.59 Å². The SMILES string of the molecule is CCC(=O)N1CCC(NC(=O)C2(N)CCCC2)C1. The van der Waals surface area contributed by atoms with Crippen LogP contribution in [-0.2, 0) is 9.59 Å². The molecule has 2 aliphatic rings. The van der Waals surface area contributed by atoms with Gasteiger partial charge >= 0.3 is 0 Å². The van der Waals surface area contributed by atoms with E-state index in [2.05, 4.69) is 5.32 Å². The molecule has 1 unspecified atom stereocenters. The summed E-state index contributed by atoms with van der Waals surface area (Å²) in [5.41, 5.74) is 5.44. The molecule has 18 heavy (non-hydrogen) atoms. The minimum atomic E-state index is -0.664. The van der Waals surface area contributed by atoms with Gasteiger partial charge in [-0.05, 0) is 19.3 Å². The molecule has 102 valence electrons. The van der Waals surface area contributed by atoms with E-state index in [4.69, 9.17) is 5.73 Å². The number of hydrogen-bond donors (Lipinski definition) is 2. The Bertz CT molecular complexity index is 337. The van der Waals surface area contributed by atoms with E-state index in [9.17, 15) is 9.59 Å². The Kier molecular flexibility index (Phi) is 3.90. The third kappa shape index (κ3) is 2.66. The summed E-state index contributed by atoms with van der Waals surface area (Å²) in [7, 11) is 0. The van der Waals surface area contributed by atoms with E-state index in [1.54, 1.807) is 0 Å². The van der Waals surface area contributed by atoms with Gasteiger partial charge in [0.25, 0.3) is 0 Å². The van der Waals surface area contributed by atoms with E-state index >= 15 is 0 Å². The van der Waals surface area contributed by atoms with Gasteiger partial charge in [-0.2, -0.15) is 0 Å². The normalized spacial score (nSPS) is 26.3. The molecule has 0 aromatic carbocycles. The molecule has 0 aromatic heterocycles. The van der Waals surface area contributed by atoms with Crippen LogP contribution in [0, 0.1) is 0 Å². The first-order valence-electron chi connectivity index (χ1n) is 6.93. The predicted molar refractivity (Wildman–Crippen MR) is 68.8 cm³/mol. The molecule has 0 aromatic rings. The summed E-state index contributed by atoms with van der Waals surface area (Å²) in [6.07, 6.45) is 5.01. The molecule has 3 N–H and O–H groups in total. The fourth-order valence-electron chi connectivity index (χ4n) is 2.89. The highest BCUT2D eigenvalue weighted by atomic mass is 16.2. The van der Waals surface area contributed by atoms with Gasteiger partial charge < -0.3 is 16.0 Å². The fraction of sp³-hybridized carbons (Fsp3) is 0.846. The lowest BCUT2D eigenvalue weighted by molar-refractivity contribution is -0.130. The van der Waals surface area contributed by atoms with Crippen molar-refractivity contribution in [3.05, 3.63) is 0 Å². The Balaban J connectivity index is 1.84. The lowest BCUT2D eigenvalue weighted by Crippen LogP contribution is -2.54. The number of amides is 2. The third-order valence-corrected chi connectivity index (χ3v) is 4.13. The maximum absolute atomic E-state index is 12.1. The Morgan fingerprint density at radius 3 is 2.67 bits per heavy atom. The van der Waals surface area contributed by atoms with Gasteiger partial charge in [-0.15, -0.1) is 0 Å². The summed E-state index contributed by atoms with van der Waals surface area (Å²) in [5.74, 6) is 0.130. The maximum Gasteiger partial charge on any atom is 0.240 e. The highest BCUT2D eigenvalue weighted by molar-refractivity contribution is 5.86. The van der Waals surface area contributed by atoms with Crippen LogP contribution in [0.4, 0.5) is 0 Å². The van der Waals surface area contributed by atoms with E-state index in [1.807, 2.05) is 11.8 Å². The van der Waals surface area contributed by atoms with Crippen LogP contribution < -0.4 is 11.1 Å². The van der Waals surface area contributed by atoms with E-state index < -0.39 is 5.54 Å². The number of hydrogen-bond acceptors (Lipinski definition) is 3. The lowest BCUT2D eigenvalue weighted by Gasteiger charge is -2.25. The lowest BCUT2D eigenvalue weighted by atomic mass is 9.97. The molecule has 2 rings (SSSR count). The van der Waals surface area contributed by atoms with Gasteiger partial charge in [-0.25, -0.2) is 0 Å². The highest BCUT2D eigenvalue weighted by Gasteiger charge is 2.38. The summed E-state index contributed by atoms with van der Waals surface area (Å²) >= 11 is 0. The van der Waals surface area contributed by atoms with Gasteiger partial charge in [0.05, 0.1) is 5.54 Å². The number of carbonyl (C=O) groups excluding carboxylic acids is 2. The van der Waals surface area contributed by atoms with Crippen molar-refractivity contribution in [3.63, 3.8) is 0 Å². The molecule has 0 radical (unpaired) electrons. The molecular formula is C13H23N3O2. The summed E-state index contributed by atoms with van der Waals surface area (Å²) in [6.45, 7) is 3.24. The third-order valence-electron chi connectivity index (χ3n) is 4.13. The van der Waals surface area contributed by atoms with Crippen LogP contribution in [0.3, 0.4) is 0 Å². The average molecular weight is 253 g/mol. The van der Waals surface area contributed by atoms with Crippen LogP contribution in [-0.4, -0.2) is 41.4 Å². The Labute approximate surface area is 108 Å². The first-order chi connectivity index (χ1) is 8.55. The van der Waals surface area contributed by atoms with Crippen molar-refractivity contribution >= 4 is 11.8 Å². The second-order valence-corrected chi connectivity index (χ2v) is 5.52. The zero-order chi connectivity index (χ0) is 13.2. The quantitative estimate of drug-likeness (QED) is 0.763. The van der Waals surface area contributed by atoms with E-state index in [0.29, 0.717) is 13.0 Å². The standard InChI is InChI=1S/C13H23N3O2/c1-2-11(17)16-8-5-10(9-16)15-12(18)13(14)6-3-4-7-13/h10H,2-9,14H2,1H3,(H,15,18). The molecule has 0 bridgehead atoms. The van der Waals surface area contributed by atoms with Crippen LogP contribution in [0.25, 0.3) is 0 Å². The molecule has 5 heteroatoms. The van der Waals surface area contributed by atoms with Gasteiger partial charge in [-0.3, -0.25) is 9.59 Å². The second-order valence-electron chi connectivity index (χ2n) is 5.52. The van der Waals surface area contributed by atoms with Crippen LogP contribution in [0.15, 0.2) is 0 Å². The molecular weight excluding hydrogens is 230 g/mol. The minimum Gasteiger partial charge on any atom is -0.350 e. The van der Waals surface area contributed by atoms with E-state index in [1.165, 1.54) is 0 Å². The Morgan fingerprint density at radius 2 is 2.06 bits per heavy atom. The molecule has 1 aliphatic carbocycles. The van der Waals surface area contributed by atoms with Crippen molar-refractivity contribution in [2.24, 2.45) is 5.73 Å². The van der Waals surface area contributed by atoms with Gasteiger partial charge in [0, 0.05) is 25.6 Å². The van der Waals surface area contributed by atoms with E-state index in [0.717, 1.165) is 38.6 Å². The summed E-state index contributed by atoms with van der Waals surface area (Å²) in [6, 6.07) is 0.0778. The van der Waals surface area contributed by atoms with Crippen LogP contribution in [0.1, 0.15) is 45.4 Å². The van der Waals surface area contributed by atoms with Crippen LogP contribution >= 0.6 is 0 Å². The molecule has 1 saturated carbocycles. The first kappa shape index (κ1) is 13.3. The van der Waals surface area contributed by atoms with Gasteiger partial charge in [0.2, 0.25) is 11.8 Å². The molecule has 1 saturated heterocycles. The number of rotatable bonds is 3. The Morgan fingerprint density at radius 1 is 1.39 bits per heavy atom. The fourth-order valence-corrected chi connectivity index (χ4v) is 2.89.